The van der Waals surface area contributed by atoms with Crippen molar-refractivity contribution < 1.29 is 17.9 Å². The topological polar surface area (TPSA) is 63.7 Å². The molecule has 0 bridgehead atoms. The summed E-state index contributed by atoms with van der Waals surface area (Å²) in [6.45, 7) is 2.39. The molecule has 0 radical (unpaired) electrons. The second-order valence-electron chi connectivity index (χ2n) is 5.27. The normalized spacial score (nSPS) is 27.6. The fourth-order valence-electron chi connectivity index (χ4n) is 3.14. The number of carbonyl (C=O) groups is 1. The van der Waals surface area contributed by atoms with Crippen molar-refractivity contribution in [1.82, 2.24) is 0 Å². The predicted molar refractivity (Wildman–Crippen MR) is 75.6 cm³/mol. The molecule has 20 heavy (non-hydrogen) atoms. The van der Waals surface area contributed by atoms with E-state index in [0.717, 1.165) is 0 Å². The molecule has 2 heterocycles. The van der Waals surface area contributed by atoms with Crippen LogP contribution in [0.5, 0.6) is 5.75 Å². The van der Waals surface area contributed by atoms with E-state index in [2.05, 4.69) is 0 Å². The molecule has 0 aliphatic carbocycles. The highest BCUT2D eigenvalue weighted by Gasteiger charge is 2.49. The summed E-state index contributed by atoms with van der Waals surface area (Å²) in [6.07, 6.45) is 0.310. The van der Waals surface area contributed by atoms with Crippen LogP contribution in [-0.2, 0) is 14.6 Å². The number of benzene rings is 1. The summed E-state index contributed by atoms with van der Waals surface area (Å²) >= 11 is 0. The number of sulfone groups is 1. The molecule has 0 N–H and O–H groups in total. The molecule has 2 atom stereocenters. The fraction of sp³-hybridized carbons (Fsp3) is 0.500. The second-order valence-corrected chi connectivity index (χ2v) is 7.43. The van der Waals surface area contributed by atoms with E-state index in [0.29, 0.717) is 24.5 Å². The molecule has 1 aromatic rings. The number of hydrogen-bond donors (Lipinski definition) is 0. The highest BCUT2D eigenvalue weighted by atomic mass is 32.2. The first-order valence-electron chi connectivity index (χ1n) is 6.76. The standard InChI is InChI=1S/C14H17NO4S/c1-2-19-13-6-4-3-5-11(13)15-12-9-20(17,18)8-10(12)7-14(15)16/h3-6,10,12H,2,7-9H2,1H3/t10-,12+/m0/s1. The molecule has 5 nitrogen and oxygen atoms in total. The molecule has 0 aromatic heterocycles. The minimum absolute atomic E-state index is 0.0120. The van der Waals surface area contributed by atoms with Gasteiger partial charge in [-0.25, -0.2) is 8.42 Å². The van der Waals surface area contributed by atoms with E-state index in [9.17, 15) is 13.2 Å². The molecule has 0 saturated carbocycles. The Labute approximate surface area is 118 Å². The fourth-order valence-corrected chi connectivity index (χ4v) is 5.21. The lowest BCUT2D eigenvalue weighted by atomic mass is 10.0. The van der Waals surface area contributed by atoms with Crippen LogP contribution in [0.1, 0.15) is 13.3 Å². The molecule has 6 heteroatoms. The highest BCUT2D eigenvalue weighted by Crippen LogP contribution is 2.40. The number of amides is 1. The van der Waals surface area contributed by atoms with Crippen molar-refractivity contribution in [1.29, 1.82) is 0 Å². The first-order valence-corrected chi connectivity index (χ1v) is 8.58. The molecular formula is C14H17NO4S. The van der Waals surface area contributed by atoms with Crippen LogP contribution >= 0.6 is 0 Å². The zero-order valence-electron chi connectivity index (χ0n) is 11.3. The van der Waals surface area contributed by atoms with Crippen molar-refractivity contribution in [2.75, 3.05) is 23.0 Å². The second kappa shape index (κ2) is 4.77. The predicted octanol–water partition coefficient (Wildman–Crippen LogP) is 1.24. The summed E-state index contributed by atoms with van der Waals surface area (Å²) in [4.78, 5) is 13.9. The summed E-state index contributed by atoms with van der Waals surface area (Å²) in [5, 5.41) is 0. The van der Waals surface area contributed by atoms with Crippen LogP contribution in [0.2, 0.25) is 0 Å². The van der Waals surface area contributed by atoms with Crippen molar-refractivity contribution in [2.45, 2.75) is 19.4 Å². The molecule has 3 rings (SSSR count). The maximum Gasteiger partial charge on any atom is 0.227 e. The Morgan fingerprint density at radius 1 is 1.30 bits per heavy atom. The number of fused-ring (bicyclic) bond motifs is 1. The van der Waals surface area contributed by atoms with Gasteiger partial charge in [0.2, 0.25) is 5.91 Å². The van der Waals surface area contributed by atoms with Crippen LogP contribution in [0.4, 0.5) is 5.69 Å². The van der Waals surface area contributed by atoms with Crippen LogP contribution in [0.3, 0.4) is 0 Å². The van der Waals surface area contributed by atoms with Gasteiger partial charge in [0.25, 0.3) is 0 Å². The van der Waals surface area contributed by atoms with Crippen molar-refractivity contribution in [3.05, 3.63) is 24.3 Å². The summed E-state index contributed by atoms with van der Waals surface area (Å²) in [7, 11) is -3.03. The Kier molecular flexibility index (Phi) is 3.20. The zero-order valence-corrected chi connectivity index (χ0v) is 12.1. The molecule has 1 amide bonds. The number of rotatable bonds is 3. The monoisotopic (exact) mass is 295 g/mol. The number of ether oxygens (including phenoxy) is 1. The van der Waals surface area contributed by atoms with Crippen LogP contribution < -0.4 is 9.64 Å². The van der Waals surface area contributed by atoms with Gasteiger partial charge in [-0.1, -0.05) is 12.1 Å². The Morgan fingerprint density at radius 3 is 2.80 bits per heavy atom. The van der Waals surface area contributed by atoms with Gasteiger partial charge in [-0.2, -0.15) is 0 Å². The van der Waals surface area contributed by atoms with Crippen LogP contribution in [0.15, 0.2) is 24.3 Å². The van der Waals surface area contributed by atoms with E-state index in [1.54, 1.807) is 4.90 Å². The van der Waals surface area contributed by atoms with Gasteiger partial charge < -0.3 is 9.64 Å². The third kappa shape index (κ3) is 2.18. The summed E-state index contributed by atoms with van der Waals surface area (Å²) in [5.41, 5.74) is 0.684. The molecule has 2 aliphatic rings. The van der Waals surface area contributed by atoms with Gasteiger partial charge in [0, 0.05) is 12.3 Å². The van der Waals surface area contributed by atoms with Gasteiger partial charge in [0.1, 0.15) is 5.75 Å². The molecule has 0 spiro atoms. The zero-order chi connectivity index (χ0) is 14.3. The minimum atomic E-state index is -3.03. The van der Waals surface area contributed by atoms with E-state index in [1.807, 2.05) is 31.2 Å². The molecule has 1 aromatic carbocycles. The van der Waals surface area contributed by atoms with Crippen molar-refractivity contribution in [3.8, 4) is 5.75 Å². The molecule has 108 valence electrons. The van der Waals surface area contributed by atoms with E-state index < -0.39 is 9.84 Å². The SMILES string of the molecule is CCOc1ccccc1N1C(=O)C[C@H]2CS(=O)(=O)C[C@H]21. The van der Waals surface area contributed by atoms with E-state index in [4.69, 9.17) is 4.74 Å². The van der Waals surface area contributed by atoms with Gasteiger partial charge >= 0.3 is 0 Å². The number of hydrogen-bond acceptors (Lipinski definition) is 4. The Morgan fingerprint density at radius 2 is 2.05 bits per heavy atom. The highest BCUT2D eigenvalue weighted by molar-refractivity contribution is 7.91. The van der Waals surface area contributed by atoms with Crippen molar-refractivity contribution >= 4 is 21.4 Å². The largest absolute Gasteiger partial charge is 0.492 e. The van der Waals surface area contributed by atoms with E-state index >= 15 is 0 Å². The van der Waals surface area contributed by atoms with E-state index in [1.165, 1.54) is 0 Å². The Bertz CT molecular complexity index is 640. The lowest BCUT2D eigenvalue weighted by Crippen LogP contribution is -2.36. The van der Waals surface area contributed by atoms with Crippen LogP contribution in [0.25, 0.3) is 0 Å². The third-order valence-corrected chi connectivity index (χ3v) is 5.68. The number of para-hydroxylation sites is 2. The Hall–Kier alpha value is -1.56. The summed E-state index contributed by atoms with van der Waals surface area (Å²) in [5.74, 6) is 0.721. The maximum atomic E-state index is 12.2. The molecule has 2 fully saturated rings. The van der Waals surface area contributed by atoms with Gasteiger partial charge in [-0.3, -0.25) is 4.79 Å². The van der Waals surface area contributed by atoms with Gasteiger partial charge in [0.15, 0.2) is 9.84 Å². The lowest BCUT2D eigenvalue weighted by Gasteiger charge is -2.25. The number of anilines is 1. The van der Waals surface area contributed by atoms with Gasteiger partial charge in [0.05, 0.1) is 29.8 Å². The third-order valence-electron chi connectivity index (χ3n) is 3.90. The average molecular weight is 295 g/mol. The minimum Gasteiger partial charge on any atom is -0.492 e. The van der Waals surface area contributed by atoms with Crippen molar-refractivity contribution in [3.63, 3.8) is 0 Å². The molecule has 2 aliphatic heterocycles. The van der Waals surface area contributed by atoms with Gasteiger partial charge in [-0.05, 0) is 19.1 Å². The summed E-state index contributed by atoms with van der Waals surface area (Å²) in [6, 6.07) is 7.06. The molecule has 0 unspecified atom stereocenters. The molecule has 2 saturated heterocycles. The number of nitrogens with zero attached hydrogens (tertiary/aromatic N) is 1. The van der Waals surface area contributed by atoms with Gasteiger partial charge in [-0.15, -0.1) is 0 Å². The Balaban J connectivity index is 1.99. The quantitative estimate of drug-likeness (QED) is 0.841. The lowest BCUT2D eigenvalue weighted by molar-refractivity contribution is -0.117. The summed E-state index contributed by atoms with van der Waals surface area (Å²) < 4.78 is 29.1. The molecular weight excluding hydrogens is 278 g/mol. The average Bonchev–Trinajstić information content (AvgIpc) is 2.81. The smallest absolute Gasteiger partial charge is 0.227 e. The van der Waals surface area contributed by atoms with E-state index in [-0.39, 0.29) is 29.4 Å². The first kappa shape index (κ1) is 13.4. The van der Waals surface area contributed by atoms with Crippen LogP contribution in [-0.4, -0.2) is 38.5 Å². The maximum absolute atomic E-state index is 12.2. The first-order chi connectivity index (χ1) is 9.52. The van der Waals surface area contributed by atoms with Crippen molar-refractivity contribution in [2.24, 2.45) is 5.92 Å². The van der Waals surface area contributed by atoms with Crippen LogP contribution in [0, 0.1) is 5.92 Å². The number of carbonyl (C=O) groups excluding carboxylic acids is 1.